The summed E-state index contributed by atoms with van der Waals surface area (Å²) in [7, 11) is 0. The lowest BCUT2D eigenvalue weighted by atomic mass is 10.2. The van der Waals surface area contributed by atoms with Crippen molar-refractivity contribution < 1.29 is 9.59 Å². The fourth-order valence-corrected chi connectivity index (χ4v) is 5.01. The number of piperazine rings is 1. The van der Waals surface area contributed by atoms with Crippen LogP contribution in [0.1, 0.15) is 12.8 Å². The van der Waals surface area contributed by atoms with Crippen LogP contribution in [0.5, 0.6) is 0 Å². The van der Waals surface area contributed by atoms with Gasteiger partial charge in [-0.15, -0.1) is 24.2 Å². The fourth-order valence-electron chi connectivity index (χ4n) is 4.08. The van der Waals surface area contributed by atoms with E-state index < -0.39 is 0 Å². The summed E-state index contributed by atoms with van der Waals surface area (Å²) in [6.07, 6.45) is 1.47. The molecule has 27 heavy (non-hydrogen) atoms. The number of nitrogens with one attached hydrogen (secondary N) is 1. The molecule has 2 fully saturated rings. The van der Waals surface area contributed by atoms with Crippen LogP contribution < -0.4 is 10.2 Å². The van der Waals surface area contributed by atoms with Crippen molar-refractivity contribution in [3.63, 3.8) is 0 Å². The number of para-hydroxylation sites is 1. The Labute approximate surface area is 171 Å². The number of benzene rings is 1. The molecule has 1 N–H and O–H groups in total. The topological polar surface area (TPSA) is 55.9 Å². The minimum Gasteiger partial charge on any atom is -0.341 e. The Morgan fingerprint density at radius 2 is 1.96 bits per heavy atom. The smallest absolute Gasteiger partial charge is 0.237 e. The van der Waals surface area contributed by atoms with Gasteiger partial charge in [-0.25, -0.2) is 0 Å². The molecule has 2 amide bonds. The van der Waals surface area contributed by atoms with Crippen LogP contribution in [-0.2, 0) is 9.59 Å². The zero-order valence-corrected chi connectivity index (χ0v) is 17.1. The van der Waals surface area contributed by atoms with Crippen LogP contribution >= 0.6 is 24.2 Å². The Morgan fingerprint density at radius 1 is 1.19 bits per heavy atom. The Balaban J connectivity index is 0.00000210. The molecule has 8 heteroatoms. The van der Waals surface area contributed by atoms with E-state index in [1.54, 1.807) is 16.7 Å². The molecule has 148 valence electrons. The zero-order chi connectivity index (χ0) is 17.9. The first-order valence-electron chi connectivity index (χ1n) is 9.47. The van der Waals surface area contributed by atoms with Gasteiger partial charge in [-0.1, -0.05) is 12.1 Å². The Hall–Kier alpha value is -1.28. The molecule has 4 rings (SSSR count). The lowest BCUT2D eigenvalue weighted by Gasteiger charge is -2.32. The second-order valence-electron chi connectivity index (χ2n) is 7.12. The van der Waals surface area contributed by atoms with Gasteiger partial charge >= 0.3 is 0 Å². The highest BCUT2D eigenvalue weighted by molar-refractivity contribution is 8.00. The highest BCUT2D eigenvalue weighted by Gasteiger charge is 2.31. The van der Waals surface area contributed by atoms with Crippen molar-refractivity contribution in [1.82, 2.24) is 15.1 Å². The molecule has 0 saturated carbocycles. The number of likely N-dealkylation sites (tertiary alicyclic amines) is 1. The van der Waals surface area contributed by atoms with E-state index in [1.807, 2.05) is 29.2 Å². The molecule has 3 aliphatic heterocycles. The first-order valence-corrected chi connectivity index (χ1v) is 10.5. The van der Waals surface area contributed by atoms with E-state index in [0.29, 0.717) is 24.8 Å². The number of nitrogens with zero attached hydrogens (tertiary/aromatic N) is 3. The van der Waals surface area contributed by atoms with Gasteiger partial charge in [0.1, 0.15) is 0 Å². The monoisotopic (exact) mass is 410 g/mol. The number of hydrogen-bond acceptors (Lipinski definition) is 5. The van der Waals surface area contributed by atoms with Crippen LogP contribution in [0.2, 0.25) is 0 Å². The molecule has 2 saturated heterocycles. The molecule has 3 aliphatic rings. The number of fused-ring (bicyclic) bond motifs is 1. The molecule has 0 radical (unpaired) electrons. The summed E-state index contributed by atoms with van der Waals surface area (Å²) in [5.41, 5.74) is 0.946. The van der Waals surface area contributed by atoms with Gasteiger partial charge in [0, 0.05) is 63.2 Å². The van der Waals surface area contributed by atoms with Crippen LogP contribution in [0.3, 0.4) is 0 Å². The number of anilines is 1. The first-order chi connectivity index (χ1) is 12.7. The average Bonchev–Trinajstić information content (AvgIpc) is 3.18. The van der Waals surface area contributed by atoms with E-state index >= 15 is 0 Å². The van der Waals surface area contributed by atoms with E-state index in [2.05, 4.69) is 10.2 Å². The van der Waals surface area contributed by atoms with Crippen LogP contribution in [0.25, 0.3) is 0 Å². The van der Waals surface area contributed by atoms with Crippen molar-refractivity contribution in [2.45, 2.75) is 23.8 Å². The van der Waals surface area contributed by atoms with Gasteiger partial charge in [-0.2, -0.15) is 0 Å². The molecular weight excluding hydrogens is 384 g/mol. The van der Waals surface area contributed by atoms with E-state index in [1.165, 1.54) is 0 Å². The van der Waals surface area contributed by atoms with Crippen LogP contribution in [0.15, 0.2) is 29.2 Å². The SMILES string of the molecule is Cl.O=C(CCN1C(=O)CSc2ccccc21)N1CCC(N2CCNCC2)C1. The van der Waals surface area contributed by atoms with E-state index in [9.17, 15) is 9.59 Å². The molecule has 1 unspecified atom stereocenters. The first kappa shape index (κ1) is 20.5. The highest BCUT2D eigenvalue weighted by atomic mass is 35.5. The second-order valence-corrected chi connectivity index (χ2v) is 8.14. The molecule has 3 heterocycles. The van der Waals surface area contributed by atoms with E-state index in [-0.39, 0.29) is 24.2 Å². The van der Waals surface area contributed by atoms with Gasteiger partial charge in [0.05, 0.1) is 11.4 Å². The third-order valence-corrected chi connectivity index (χ3v) is 6.59. The number of carbonyl (C=O) groups is 2. The normalized spacial score (nSPS) is 23.1. The number of carbonyl (C=O) groups excluding carboxylic acids is 2. The van der Waals surface area contributed by atoms with Crippen molar-refractivity contribution in [2.24, 2.45) is 0 Å². The van der Waals surface area contributed by atoms with Crippen LogP contribution in [0, 0.1) is 0 Å². The minimum atomic E-state index is 0. The van der Waals surface area contributed by atoms with Gasteiger partial charge in [0.2, 0.25) is 11.8 Å². The lowest BCUT2D eigenvalue weighted by molar-refractivity contribution is -0.130. The van der Waals surface area contributed by atoms with Gasteiger partial charge < -0.3 is 15.1 Å². The highest BCUT2D eigenvalue weighted by Crippen LogP contribution is 2.35. The van der Waals surface area contributed by atoms with Gasteiger partial charge in [-0.05, 0) is 18.6 Å². The molecule has 0 spiro atoms. The Bertz CT molecular complexity index is 683. The Kier molecular flexibility index (Phi) is 7.03. The third-order valence-electron chi connectivity index (χ3n) is 5.54. The molecule has 1 atom stereocenters. The summed E-state index contributed by atoms with van der Waals surface area (Å²) in [6.45, 7) is 6.38. The minimum absolute atomic E-state index is 0. The summed E-state index contributed by atoms with van der Waals surface area (Å²) in [6, 6.07) is 8.45. The van der Waals surface area contributed by atoms with Crippen molar-refractivity contribution in [1.29, 1.82) is 0 Å². The molecule has 6 nitrogen and oxygen atoms in total. The van der Waals surface area contributed by atoms with Crippen molar-refractivity contribution in [3.05, 3.63) is 24.3 Å². The predicted molar refractivity (Wildman–Crippen MR) is 111 cm³/mol. The number of amides is 2. The average molecular weight is 411 g/mol. The maximum atomic E-state index is 12.7. The molecule has 0 aromatic heterocycles. The molecule has 0 bridgehead atoms. The third kappa shape index (κ3) is 4.59. The maximum Gasteiger partial charge on any atom is 0.237 e. The molecule has 0 aliphatic carbocycles. The molecule has 1 aromatic carbocycles. The van der Waals surface area contributed by atoms with Crippen LogP contribution in [0.4, 0.5) is 5.69 Å². The predicted octanol–water partition coefficient (Wildman–Crippen LogP) is 1.44. The van der Waals surface area contributed by atoms with Gasteiger partial charge in [0.25, 0.3) is 0 Å². The number of halogens is 1. The summed E-state index contributed by atoms with van der Waals surface area (Å²) in [4.78, 5) is 32.4. The molecule has 1 aromatic rings. The summed E-state index contributed by atoms with van der Waals surface area (Å²) < 4.78 is 0. The molecular formula is C19H27ClN4O2S. The van der Waals surface area contributed by atoms with Crippen LogP contribution in [-0.4, -0.2) is 79.2 Å². The standard InChI is InChI=1S/C19H26N4O2S.ClH/c24-18(22-9-5-15(13-22)21-11-7-20-8-12-21)6-10-23-16-3-1-2-4-17(16)26-14-19(23)25;/h1-4,15,20H,5-14H2;1H. The number of thioether (sulfide) groups is 1. The maximum absolute atomic E-state index is 12.7. The van der Waals surface area contributed by atoms with Crippen molar-refractivity contribution >= 4 is 41.7 Å². The Morgan fingerprint density at radius 3 is 2.78 bits per heavy atom. The van der Waals surface area contributed by atoms with E-state index in [4.69, 9.17) is 0 Å². The van der Waals surface area contributed by atoms with Crippen molar-refractivity contribution in [2.75, 3.05) is 56.5 Å². The summed E-state index contributed by atoms with van der Waals surface area (Å²) in [5, 5.41) is 3.38. The largest absolute Gasteiger partial charge is 0.341 e. The number of rotatable bonds is 4. The number of hydrogen-bond donors (Lipinski definition) is 1. The van der Waals surface area contributed by atoms with Crippen molar-refractivity contribution in [3.8, 4) is 0 Å². The zero-order valence-electron chi connectivity index (χ0n) is 15.4. The lowest BCUT2D eigenvalue weighted by Crippen LogP contribution is -2.49. The fraction of sp³-hybridized carbons (Fsp3) is 0.579. The quantitative estimate of drug-likeness (QED) is 0.814. The summed E-state index contributed by atoms with van der Waals surface area (Å²) >= 11 is 1.58. The second kappa shape index (κ2) is 9.28. The summed E-state index contributed by atoms with van der Waals surface area (Å²) in [5.74, 6) is 0.729. The van der Waals surface area contributed by atoms with E-state index in [0.717, 1.165) is 56.3 Å². The van der Waals surface area contributed by atoms with Gasteiger partial charge in [0.15, 0.2) is 0 Å². The van der Waals surface area contributed by atoms with Gasteiger partial charge in [-0.3, -0.25) is 14.5 Å².